The predicted molar refractivity (Wildman–Crippen MR) is 77.6 cm³/mol. The van der Waals surface area contributed by atoms with Gasteiger partial charge in [0.1, 0.15) is 0 Å². The Balaban J connectivity index is 2.70. The van der Waals surface area contributed by atoms with Crippen molar-refractivity contribution >= 4 is 0 Å². The van der Waals surface area contributed by atoms with Crippen LogP contribution < -0.4 is 16.6 Å². The van der Waals surface area contributed by atoms with Crippen LogP contribution in [0.4, 0.5) is 0 Å². The summed E-state index contributed by atoms with van der Waals surface area (Å²) in [4.78, 5) is 23.8. The van der Waals surface area contributed by atoms with Crippen LogP contribution in [0.1, 0.15) is 40.0 Å². The molecule has 0 aliphatic heterocycles. The fraction of sp³-hybridized carbons (Fsp3) is 0.714. The molecule has 1 rings (SSSR count). The summed E-state index contributed by atoms with van der Waals surface area (Å²) in [6.45, 7) is 7.99. The first-order valence-corrected chi connectivity index (χ1v) is 7.13. The van der Waals surface area contributed by atoms with E-state index in [1.165, 1.54) is 10.6 Å². The molecule has 0 saturated heterocycles. The number of rotatable bonds is 8. The van der Waals surface area contributed by atoms with Crippen molar-refractivity contribution in [1.82, 2.24) is 14.5 Å². The maximum absolute atomic E-state index is 12.1. The zero-order chi connectivity index (χ0) is 14.3. The van der Waals surface area contributed by atoms with Crippen molar-refractivity contribution in [3.63, 3.8) is 0 Å². The second kappa shape index (κ2) is 7.94. The molecule has 0 amide bonds. The summed E-state index contributed by atoms with van der Waals surface area (Å²) in [6.07, 6.45) is 4.69. The topological polar surface area (TPSA) is 56.0 Å². The lowest BCUT2D eigenvalue weighted by Crippen LogP contribution is -2.42. The lowest BCUT2D eigenvalue weighted by Gasteiger charge is -2.13. The Kier molecular flexibility index (Phi) is 6.56. The summed E-state index contributed by atoms with van der Waals surface area (Å²) in [6, 6.07) is 1.88. The van der Waals surface area contributed by atoms with E-state index in [-0.39, 0.29) is 11.2 Å². The summed E-state index contributed by atoms with van der Waals surface area (Å²) in [7, 11) is 0. The van der Waals surface area contributed by atoms with Gasteiger partial charge in [0.15, 0.2) is 0 Å². The van der Waals surface area contributed by atoms with Gasteiger partial charge in [-0.2, -0.15) is 0 Å². The smallest absolute Gasteiger partial charge is 0.312 e. The molecule has 1 aromatic heterocycles. The molecule has 108 valence electrons. The molecule has 0 radical (unpaired) electrons. The predicted octanol–water partition coefficient (Wildman–Crippen LogP) is 1.20. The average molecular weight is 267 g/mol. The fourth-order valence-corrected chi connectivity index (χ4v) is 2.13. The summed E-state index contributed by atoms with van der Waals surface area (Å²) >= 11 is 0. The molecule has 5 heteroatoms. The van der Waals surface area contributed by atoms with Crippen molar-refractivity contribution in [2.24, 2.45) is 0 Å². The van der Waals surface area contributed by atoms with Gasteiger partial charge >= 0.3 is 5.69 Å². The number of hydrogen-bond donors (Lipinski definition) is 1. The normalized spacial score (nSPS) is 12.6. The number of aromatic nitrogens is 2. The Bertz CT molecular complexity index is 490. The molecular formula is C14H25N3O2. The second-order valence-corrected chi connectivity index (χ2v) is 4.93. The maximum Gasteiger partial charge on any atom is 0.331 e. The molecule has 0 aliphatic carbocycles. The van der Waals surface area contributed by atoms with Crippen LogP contribution >= 0.6 is 0 Å². The molecule has 1 N–H and O–H groups in total. The monoisotopic (exact) mass is 267 g/mol. The molecule has 0 aliphatic rings. The van der Waals surface area contributed by atoms with Crippen molar-refractivity contribution in [3.8, 4) is 0 Å². The molecule has 19 heavy (non-hydrogen) atoms. The van der Waals surface area contributed by atoms with E-state index in [0.717, 1.165) is 19.3 Å². The van der Waals surface area contributed by atoms with Crippen molar-refractivity contribution in [2.45, 2.75) is 59.2 Å². The molecular weight excluding hydrogens is 242 g/mol. The van der Waals surface area contributed by atoms with Crippen LogP contribution in [0.3, 0.4) is 0 Å². The van der Waals surface area contributed by atoms with Crippen LogP contribution in [-0.2, 0) is 13.1 Å². The van der Waals surface area contributed by atoms with Gasteiger partial charge in [0.05, 0.1) is 0 Å². The summed E-state index contributed by atoms with van der Waals surface area (Å²) < 4.78 is 2.90. The van der Waals surface area contributed by atoms with E-state index in [1.54, 1.807) is 10.8 Å². The lowest BCUT2D eigenvalue weighted by atomic mass is 10.2. The third-order valence-electron chi connectivity index (χ3n) is 3.15. The van der Waals surface area contributed by atoms with Gasteiger partial charge in [-0.05, 0) is 19.8 Å². The third-order valence-corrected chi connectivity index (χ3v) is 3.15. The minimum absolute atomic E-state index is 0.209. The number of hydrogen-bond acceptors (Lipinski definition) is 3. The minimum Gasteiger partial charge on any atom is -0.312 e. The quantitative estimate of drug-likeness (QED) is 0.770. The van der Waals surface area contributed by atoms with Gasteiger partial charge in [-0.25, -0.2) is 4.79 Å². The highest BCUT2D eigenvalue weighted by Crippen LogP contribution is 1.93. The van der Waals surface area contributed by atoms with E-state index in [2.05, 4.69) is 19.2 Å². The van der Waals surface area contributed by atoms with E-state index in [1.807, 2.05) is 6.92 Å². The van der Waals surface area contributed by atoms with Crippen LogP contribution in [0.25, 0.3) is 0 Å². The molecule has 0 fully saturated rings. The van der Waals surface area contributed by atoms with Crippen molar-refractivity contribution < 1.29 is 0 Å². The Morgan fingerprint density at radius 1 is 1.21 bits per heavy atom. The minimum atomic E-state index is -0.220. The number of nitrogens with one attached hydrogen (secondary N) is 1. The van der Waals surface area contributed by atoms with E-state index < -0.39 is 0 Å². The highest BCUT2D eigenvalue weighted by molar-refractivity contribution is 4.86. The van der Waals surface area contributed by atoms with Crippen LogP contribution in [0, 0.1) is 0 Å². The zero-order valence-electron chi connectivity index (χ0n) is 12.2. The zero-order valence-corrected chi connectivity index (χ0v) is 12.2. The number of nitrogens with zero attached hydrogens (tertiary/aromatic N) is 2. The highest BCUT2D eigenvalue weighted by atomic mass is 16.2. The fourth-order valence-electron chi connectivity index (χ4n) is 2.13. The first-order valence-electron chi connectivity index (χ1n) is 7.13. The Morgan fingerprint density at radius 3 is 2.58 bits per heavy atom. The molecule has 0 aromatic carbocycles. The van der Waals surface area contributed by atoms with Crippen molar-refractivity contribution in [2.75, 3.05) is 6.54 Å². The standard InChI is InChI=1S/C14H25N3O2/c1-4-6-12(3)15-8-11-17-13(18)7-10-16(9-5-2)14(17)19/h7,10,12,15H,4-6,8-9,11H2,1-3H3. The van der Waals surface area contributed by atoms with Gasteiger partial charge in [-0.15, -0.1) is 0 Å². The molecule has 5 nitrogen and oxygen atoms in total. The van der Waals surface area contributed by atoms with E-state index >= 15 is 0 Å². The van der Waals surface area contributed by atoms with Crippen LogP contribution in [-0.4, -0.2) is 21.7 Å². The van der Waals surface area contributed by atoms with Gasteiger partial charge in [-0.3, -0.25) is 9.36 Å². The van der Waals surface area contributed by atoms with Crippen LogP contribution in [0.5, 0.6) is 0 Å². The van der Waals surface area contributed by atoms with Gasteiger partial charge in [-0.1, -0.05) is 20.3 Å². The molecule has 1 heterocycles. The average Bonchev–Trinajstić information content (AvgIpc) is 2.37. The maximum atomic E-state index is 12.1. The van der Waals surface area contributed by atoms with Gasteiger partial charge < -0.3 is 9.88 Å². The third kappa shape index (κ3) is 4.67. The van der Waals surface area contributed by atoms with Gasteiger partial charge in [0.2, 0.25) is 0 Å². The van der Waals surface area contributed by atoms with Crippen molar-refractivity contribution in [1.29, 1.82) is 0 Å². The largest absolute Gasteiger partial charge is 0.331 e. The highest BCUT2D eigenvalue weighted by Gasteiger charge is 2.05. The molecule has 0 saturated carbocycles. The molecule has 1 unspecified atom stereocenters. The Hall–Kier alpha value is -1.36. The summed E-state index contributed by atoms with van der Waals surface area (Å²) in [5.74, 6) is 0. The lowest BCUT2D eigenvalue weighted by molar-refractivity contribution is 0.465. The van der Waals surface area contributed by atoms with E-state index in [4.69, 9.17) is 0 Å². The summed E-state index contributed by atoms with van der Waals surface area (Å²) in [5, 5.41) is 3.33. The van der Waals surface area contributed by atoms with Gasteiger partial charge in [0.25, 0.3) is 5.56 Å². The SMILES string of the molecule is CCCC(C)NCCn1c(=O)ccn(CCC)c1=O. The number of aryl methyl sites for hydroxylation is 1. The molecule has 1 aromatic rings. The molecule has 0 bridgehead atoms. The molecule has 0 spiro atoms. The van der Waals surface area contributed by atoms with E-state index in [0.29, 0.717) is 25.7 Å². The first-order chi connectivity index (χ1) is 9.10. The van der Waals surface area contributed by atoms with Crippen molar-refractivity contribution in [3.05, 3.63) is 33.1 Å². The van der Waals surface area contributed by atoms with Crippen LogP contribution in [0.15, 0.2) is 21.9 Å². The first kappa shape index (κ1) is 15.7. The molecule has 1 atom stereocenters. The Morgan fingerprint density at radius 2 is 1.95 bits per heavy atom. The summed E-state index contributed by atoms with van der Waals surface area (Å²) in [5.41, 5.74) is -0.429. The van der Waals surface area contributed by atoms with E-state index in [9.17, 15) is 9.59 Å². The Labute approximate surface area is 114 Å². The van der Waals surface area contributed by atoms with Crippen LogP contribution in [0.2, 0.25) is 0 Å². The van der Waals surface area contributed by atoms with Gasteiger partial charge in [0, 0.05) is 37.9 Å². The second-order valence-electron chi connectivity index (χ2n) is 4.93.